The average Bonchev–Trinajstić information content (AvgIpc) is 2.05. The Hall–Kier alpha value is -0.850. The Kier molecular flexibility index (Phi) is 6.35. The first kappa shape index (κ1) is 11.2. The quantitative estimate of drug-likeness (QED) is 0.444. The Morgan fingerprint density at radius 1 is 1.08 bits per heavy atom. The van der Waals surface area contributed by atoms with E-state index in [0.717, 1.165) is 12.8 Å². The fourth-order valence-electron chi connectivity index (χ4n) is 0.839. The topological polar surface area (TPSA) is 12.4 Å². The van der Waals surface area contributed by atoms with Gasteiger partial charge in [0.05, 0.1) is 0 Å². The molecule has 0 aromatic heterocycles. The van der Waals surface area contributed by atoms with E-state index >= 15 is 0 Å². The first-order chi connectivity index (χ1) is 5.72. The van der Waals surface area contributed by atoms with Gasteiger partial charge in [-0.3, -0.25) is 4.99 Å². The van der Waals surface area contributed by atoms with Crippen molar-refractivity contribution in [1.29, 1.82) is 0 Å². The normalized spacial score (nSPS) is 14.3. The van der Waals surface area contributed by atoms with Gasteiger partial charge in [0.15, 0.2) is 0 Å². The zero-order valence-electron chi connectivity index (χ0n) is 8.59. The van der Waals surface area contributed by atoms with Gasteiger partial charge < -0.3 is 0 Å². The summed E-state index contributed by atoms with van der Waals surface area (Å²) in [5.74, 6) is 0. The smallest absolute Gasteiger partial charge is 0.0295 e. The Morgan fingerprint density at radius 2 is 1.75 bits per heavy atom. The van der Waals surface area contributed by atoms with E-state index in [-0.39, 0.29) is 0 Å². The lowest BCUT2D eigenvalue weighted by Gasteiger charge is -1.97. The summed E-state index contributed by atoms with van der Waals surface area (Å²) in [5.41, 5.74) is 2.58. The summed E-state index contributed by atoms with van der Waals surface area (Å²) in [7, 11) is 0. The molecule has 68 valence electrons. The molecule has 0 radical (unpaired) electrons. The van der Waals surface area contributed by atoms with Gasteiger partial charge in [-0.25, -0.2) is 0 Å². The summed E-state index contributed by atoms with van der Waals surface area (Å²) >= 11 is 0. The molecule has 0 N–H and O–H groups in total. The summed E-state index contributed by atoms with van der Waals surface area (Å²) in [5, 5.41) is 0. The van der Waals surface area contributed by atoms with Crippen LogP contribution in [0, 0.1) is 0 Å². The van der Waals surface area contributed by atoms with Gasteiger partial charge >= 0.3 is 0 Å². The Morgan fingerprint density at radius 3 is 2.25 bits per heavy atom. The lowest BCUT2D eigenvalue weighted by Crippen LogP contribution is -1.78. The Balaban J connectivity index is 4.17. The van der Waals surface area contributed by atoms with Crippen molar-refractivity contribution in [2.45, 2.75) is 40.5 Å². The fourth-order valence-corrected chi connectivity index (χ4v) is 0.839. The van der Waals surface area contributed by atoms with Crippen LogP contribution < -0.4 is 0 Å². The molecule has 0 aromatic rings. The Labute approximate surface area is 75.9 Å². The first-order valence-corrected chi connectivity index (χ1v) is 4.57. The third-order valence-electron chi connectivity index (χ3n) is 1.69. The van der Waals surface area contributed by atoms with Crippen molar-refractivity contribution >= 4 is 6.21 Å². The van der Waals surface area contributed by atoms with Crippen molar-refractivity contribution in [2.24, 2.45) is 4.99 Å². The van der Waals surface area contributed by atoms with Crippen LogP contribution in [0.2, 0.25) is 0 Å². The molecule has 1 nitrogen and oxygen atoms in total. The van der Waals surface area contributed by atoms with Crippen molar-refractivity contribution in [2.75, 3.05) is 0 Å². The van der Waals surface area contributed by atoms with Crippen LogP contribution in [0.15, 0.2) is 28.4 Å². The zero-order chi connectivity index (χ0) is 9.40. The third kappa shape index (κ3) is 4.89. The molecule has 0 fully saturated rings. The molecule has 0 saturated heterocycles. The van der Waals surface area contributed by atoms with Crippen LogP contribution in [0.1, 0.15) is 40.5 Å². The van der Waals surface area contributed by atoms with Crippen LogP contribution in [-0.4, -0.2) is 6.21 Å². The second kappa shape index (κ2) is 6.84. The van der Waals surface area contributed by atoms with E-state index in [1.165, 1.54) is 11.1 Å². The van der Waals surface area contributed by atoms with Crippen molar-refractivity contribution < 1.29 is 0 Å². The second-order valence-corrected chi connectivity index (χ2v) is 2.85. The van der Waals surface area contributed by atoms with E-state index < -0.39 is 0 Å². The molecular formula is C11H19N. The molecule has 0 atom stereocenters. The minimum Gasteiger partial charge on any atom is -0.269 e. The standard InChI is InChI=1S/C11H19N/c1-5-7-10(3)11(4)9-12-8-6-2/h7-9H,5-6H2,1-4H3/b10-7+,11-9+,12-8?. The van der Waals surface area contributed by atoms with Gasteiger partial charge in [-0.1, -0.05) is 25.5 Å². The number of aliphatic imine (C=N–C) groups is 1. The average molecular weight is 165 g/mol. The van der Waals surface area contributed by atoms with Crippen LogP contribution in [0.3, 0.4) is 0 Å². The van der Waals surface area contributed by atoms with E-state index in [4.69, 9.17) is 0 Å². The van der Waals surface area contributed by atoms with Crippen LogP contribution in [0.25, 0.3) is 0 Å². The van der Waals surface area contributed by atoms with Crippen LogP contribution >= 0.6 is 0 Å². The molecule has 0 saturated carbocycles. The molecule has 1 heteroatoms. The monoisotopic (exact) mass is 165 g/mol. The highest BCUT2D eigenvalue weighted by Crippen LogP contribution is 2.08. The van der Waals surface area contributed by atoms with E-state index in [1.807, 2.05) is 12.4 Å². The SMILES string of the molecule is CCC=N/C=C(C)/C(C)=C/CC. The summed E-state index contributed by atoms with van der Waals surface area (Å²) in [4.78, 5) is 4.17. The maximum Gasteiger partial charge on any atom is 0.0295 e. The van der Waals surface area contributed by atoms with Crippen LogP contribution in [0.4, 0.5) is 0 Å². The summed E-state index contributed by atoms with van der Waals surface area (Å²) in [6.07, 6.45) is 8.15. The number of rotatable bonds is 4. The molecule has 0 aliphatic carbocycles. The molecule has 0 spiro atoms. The molecular weight excluding hydrogens is 146 g/mol. The maximum atomic E-state index is 4.17. The minimum absolute atomic E-state index is 1.00. The third-order valence-corrected chi connectivity index (χ3v) is 1.69. The predicted molar refractivity (Wildman–Crippen MR) is 56.6 cm³/mol. The lowest BCUT2D eigenvalue weighted by atomic mass is 10.1. The molecule has 12 heavy (non-hydrogen) atoms. The predicted octanol–water partition coefficient (Wildman–Crippen LogP) is 3.73. The number of hydrogen-bond donors (Lipinski definition) is 0. The summed E-state index contributed by atoms with van der Waals surface area (Å²) < 4.78 is 0. The number of hydrogen-bond acceptors (Lipinski definition) is 1. The molecule has 0 unspecified atom stereocenters. The van der Waals surface area contributed by atoms with E-state index in [0.29, 0.717) is 0 Å². The molecule has 0 aliphatic heterocycles. The molecule has 0 aromatic carbocycles. The minimum atomic E-state index is 1.00. The molecule has 0 rings (SSSR count). The van der Waals surface area contributed by atoms with E-state index in [1.54, 1.807) is 0 Å². The summed E-state index contributed by atoms with van der Waals surface area (Å²) in [6.45, 7) is 8.44. The van der Waals surface area contributed by atoms with Gasteiger partial charge in [-0.15, -0.1) is 0 Å². The largest absolute Gasteiger partial charge is 0.269 e. The number of nitrogens with zero attached hydrogens (tertiary/aromatic N) is 1. The number of allylic oxidation sites excluding steroid dienone is 3. The van der Waals surface area contributed by atoms with Crippen molar-refractivity contribution in [1.82, 2.24) is 0 Å². The molecule has 0 bridgehead atoms. The van der Waals surface area contributed by atoms with Crippen LogP contribution in [-0.2, 0) is 0 Å². The highest BCUT2D eigenvalue weighted by Gasteiger charge is 1.88. The highest BCUT2D eigenvalue weighted by molar-refractivity contribution is 5.57. The van der Waals surface area contributed by atoms with Gasteiger partial charge in [0.2, 0.25) is 0 Å². The maximum absolute atomic E-state index is 4.17. The lowest BCUT2D eigenvalue weighted by molar-refractivity contribution is 1.17. The summed E-state index contributed by atoms with van der Waals surface area (Å²) in [6, 6.07) is 0. The first-order valence-electron chi connectivity index (χ1n) is 4.57. The van der Waals surface area contributed by atoms with Crippen LogP contribution in [0.5, 0.6) is 0 Å². The van der Waals surface area contributed by atoms with E-state index in [9.17, 15) is 0 Å². The molecule has 0 amide bonds. The second-order valence-electron chi connectivity index (χ2n) is 2.85. The van der Waals surface area contributed by atoms with Gasteiger partial charge in [-0.2, -0.15) is 0 Å². The fraction of sp³-hybridized carbons (Fsp3) is 0.545. The zero-order valence-corrected chi connectivity index (χ0v) is 8.59. The van der Waals surface area contributed by atoms with Crippen molar-refractivity contribution in [3.63, 3.8) is 0 Å². The van der Waals surface area contributed by atoms with E-state index in [2.05, 4.69) is 38.8 Å². The Bertz CT molecular complexity index is 197. The van der Waals surface area contributed by atoms with Gasteiger partial charge in [-0.05, 0) is 32.3 Å². The highest BCUT2D eigenvalue weighted by atomic mass is 14.7. The molecule has 0 heterocycles. The van der Waals surface area contributed by atoms with Gasteiger partial charge in [0.1, 0.15) is 0 Å². The molecule has 0 aliphatic rings. The van der Waals surface area contributed by atoms with Crippen molar-refractivity contribution in [3.8, 4) is 0 Å². The van der Waals surface area contributed by atoms with Gasteiger partial charge in [0, 0.05) is 12.4 Å². The van der Waals surface area contributed by atoms with Crippen molar-refractivity contribution in [3.05, 3.63) is 23.4 Å². The van der Waals surface area contributed by atoms with Gasteiger partial charge in [0.25, 0.3) is 0 Å².